The Labute approximate surface area is 63.8 Å². The second kappa shape index (κ2) is 3.28. The summed E-state index contributed by atoms with van der Waals surface area (Å²) in [6.07, 6.45) is 2.43. The summed E-state index contributed by atoms with van der Waals surface area (Å²) in [6.45, 7) is 2.06. The summed E-state index contributed by atoms with van der Waals surface area (Å²) < 4.78 is 0. The van der Waals surface area contributed by atoms with Crippen LogP contribution in [0, 0.1) is 0 Å². The molecule has 0 spiro atoms. The largest absolute Gasteiger partial charge is 0.469 e. The molecule has 0 aromatic heterocycles. The van der Waals surface area contributed by atoms with E-state index in [0.29, 0.717) is 0 Å². The van der Waals surface area contributed by atoms with Gasteiger partial charge in [0.2, 0.25) is 0 Å². The summed E-state index contributed by atoms with van der Waals surface area (Å²) in [6, 6.07) is 0. The van der Waals surface area contributed by atoms with E-state index in [1.54, 1.807) is 0 Å². The Bertz CT molecular complexity index is 102. The molecule has 2 nitrogen and oxygen atoms in total. The molecule has 9 heavy (non-hydrogen) atoms. The Balaban J connectivity index is 0.000000148. The Morgan fingerprint density at radius 2 is 1.78 bits per heavy atom. The van der Waals surface area contributed by atoms with Crippen molar-refractivity contribution in [3.63, 3.8) is 0 Å². The number of carboxylic acid groups (broad SMARTS) is 1. The average molecular weight is 171 g/mol. The molecule has 1 N–H and O–H groups in total. The van der Waals surface area contributed by atoms with E-state index in [-0.39, 0.29) is 4.87 Å². The molecule has 0 aromatic rings. The molecule has 0 amide bonds. The first-order chi connectivity index (χ1) is 3.94. The highest BCUT2D eigenvalue weighted by atomic mass is 35.5. The molecule has 0 atom stereocenters. The number of rotatable bonds is 0. The fraction of sp³-hybridized carbons (Fsp3) is 0.800. The van der Waals surface area contributed by atoms with E-state index in [2.05, 4.69) is 18.5 Å². The molecule has 1 saturated carbocycles. The number of hydrogen-bond acceptors (Lipinski definition) is 1. The Morgan fingerprint density at radius 3 is 1.78 bits per heavy atom. The summed E-state index contributed by atoms with van der Waals surface area (Å²) in [5.41, 5.74) is -1.36. The Hall–Kier alpha value is 0.0500. The number of halogens is 2. The highest BCUT2D eigenvalue weighted by Gasteiger charge is 2.33. The van der Waals surface area contributed by atoms with Gasteiger partial charge in [-0.2, -0.15) is 0 Å². The number of carbonyl (C=O) groups is 1. The molecular weight excluding hydrogens is 163 g/mol. The minimum Gasteiger partial charge on any atom is -0.469 e. The molecule has 4 heteroatoms. The quantitative estimate of drug-likeness (QED) is 0.449. The van der Waals surface area contributed by atoms with Crippen molar-refractivity contribution in [3.8, 4) is 0 Å². The molecule has 0 radical (unpaired) electrons. The zero-order valence-electron chi connectivity index (χ0n) is 5.03. The maximum atomic E-state index is 8.77. The van der Waals surface area contributed by atoms with Crippen LogP contribution in [0.4, 0.5) is 4.79 Å². The fourth-order valence-electron chi connectivity index (χ4n) is 0.172. The molecular formula is C5H8Cl2O2. The van der Waals surface area contributed by atoms with Crippen molar-refractivity contribution >= 4 is 28.6 Å². The minimum absolute atomic E-state index is 0.222. The molecule has 1 aliphatic carbocycles. The summed E-state index contributed by atoms with van der Waals surface area (Å²) in [5, 5.41) is 7.18. The number of hydrogen-bond donors (Lipinski definition) is 1. The van der Waals surface area contributed by atoms with Crippen LogP contribution in [0.2, 0.25) is 0 Å². The van der Waals surface area contributed by atoms with Gasteiger partial charge in [-0.25, -0.2) is 4.79 Å². The van der Waals surface area contributed by atoms with Gasteiger partial charge < -0.3 is 5.11 Å². The molecule has 0 unspecified atom stereocenters. The summed E-state index contributed by atoms with van der Waals surface area (Å²) >= 11 is 9.83. The molecule has 0 bridgehead atoms. The topological polar surface area (TPSA) is 37.3 Å². The van der Waals surface area contributed by atoms with E-state index in [1.807, 2.05) is 0 Å². The van der Waals surface area contributed by atoms with Gasteiger partial charge >= 0.3 is 5.43 Å². The Morgan fingerprint density at radius 1 is 1.67 bits per heavy atom. The third-order valence-electron chi connectivity index (χ3n) is 0.939. The van der Waals surface area contributed by atoms with Crippen LogP contribution in [0.3, 0.4) is 0 Å². The van der Waals surface area contributed by atoms with E-state index in [4.69, 9.17) is 21.5 Å². The maximum Gasteiger partial charge on any atom is 0.401 e. The van der Waals surface area contributed by atoms with E-state index >= 15 is 0 Å². The van der Waals surface area contributed by atoms with Gasteiger partial charge in [0.25, 0.3) is 0 Å². The fourth-order valence-corrected chi connectivity index (χ4v) is 0.267. The highest BCUT2D eigenvalue weighted by molar-refractivity contribution is 6.60. The maximum absolute atomic E-state index is 8.77. The van der Waals surface area contributed by atoms with E-state index < -0.39 is 5.43 Å². The van der Waals surface area contributed by atoms with Gasteiger partial charge in [0.15, 0.2) is 0 Å². The predicted octanol–water partition coefficient (Wildman–Crippen LogP) is 2.68. The van der Waals surface area contributed by atoms with Gasteiger partial charge in [0.1, 0.15) is 0 Å². The van der Waals surface area contributed by atoms with Crippen LogP contribution in [0.25, 0.3) is 0 Å². The zero-order valence-corrected chi connectivity index (χ0v) is 6.54. The molecule has 0 heterocycles. The van der Waals surface area contributed by atoms with Crippen molar-refractivity contribution in [2.24, 2.45) is 0 Å². The molecule has 1 fully saturated rings. The molecule has 1 rings (SSSR count). The zero-order chi connectivity index (χ0) is 7.49. The molecule has 0 aromatic carbocycles. The Kier molecular flexibility index (Phi) is 3.30. The lowest BCUT2D eigenvalue weighted by molar-refractivity contribution is 0.220. The normalized spacial score (nSPS) is 19.4. The first-order valence-electron chi connectivity index (χ1n) is 2.51. The highest BCUT2D eigenvalue weighted by Crippen LogP contribution is 2.41. The first-order valence-corrected chi connectivity index (χ1v) is 3.27. The second-order valence-corrected chi connectivity index (χ2v) is 3.40. The van der Waals surface area contributed by atoms with Crippen LogP contribution in [0.1, 0.15) is 19.8 Å². The van der Waals surface area contributed by atoms with Gasteiger partial charge in [-0.1, -0.05) is 0 Å². The van der Waals surface area contributed by atoms with Crippen molar-refractivity contribution in [1.29, 1.82) is 0 Å². The lowest BCUT2D eigenvalue weighted by atomic mass is 10.5. The average Bonchev–Trinajstić information content (AvgIpc) is 2.16. The van der Waals surface area contributed by atoms with Crippen LogP contribution in [0.15, 0.2) is 0 Å². The van der Waals surface area contributed by atoms with Crippen LogP contribution in [0.5, 0.6) is 0 Å². The molecule has 0 saturated heterocycles. The predicted molar refractivity (Wildman–Crippen MR) is 37.4 cm³/mol. The van der Waals surface area contributed by atoms with Gasteiger partial charge in [-0.3, -0.25) is 0 Å². The van der Waals surface area contributed by atoms with Crippen molar-refractivity contribution in [2.45, 2.75) is 24.6 Å². The molecule has 1 aliphatic rings. The summed E-state index contributed by atoms with van der Waals surface area (Å²) in [5.74, 6) is 0. The van der Waals surface area contributed by atoms with Gasteiger partial charge in [-0.05, 0) is 19.8 Å². The third kappa shape index (κ3) is 11.6. The first kappa shape index (κ1) is 9.05. The molecule has 0 aliphatic heterocycles. The van der Waals surface area contributed by atoms with Crippen LogP contribution < -0.4 is 0 Å². The standard InChI is InChI=1S/C4H7Cl.CHClO2/c1-4(5)2-3-4;2-1(3)4/h2-3H2,1H3;(H,3,4). The van der Waals surface area contributed by atoms with E-state index in [0.717, 1.165) is 0 Å². The van der Waals surface area contributed by atoms with E-state index in [9.17, 15) is 0 Å². The van der Waals surface area contributed by atoms with Gasteiger partial charge in [0.05, 0.1) is 0 Å². The smallest absolute Gasteiger partial charge is 0.401 e. The van der Waals surface area contributed by atoms with Crippen molar-refractivity contribution < 1.29 is 9.90 Å². The third-order valence-corrected chi connectivity index (χ3v) is 1.32. The lowest BCUT2D eigenvalue weighted by Crippen LogP contribution is -1.80. The van der Waals surface area contributed by atoms with Crippen molar-refractivity contribution in [2.75, 3.05) is 0 Å². The van der Waals surface area contributed by atoms with Crippen LogP contribution in [-0.4, -0.2) is 15.4 Å². The minimum atomic E-state index is -1.36. The monoisotopic (exact) mass is 170 g/mol. The van der Waals surface area contributed by atoms with Gasteiger partial charge in [-0.15, -0.1) is 11.6 Å². The van der Waals surface area contributed by atoms with Crippen LogP contribution in [-0.2, 0) is 0 Å². The van der Waals surface area contributed by atoms with Crippen molar-refractivity contribution in [3.05, 3.63) is 0 Å². The second-order valence-electron chi connectivity index (χ2n) is 2.17. The summed E-state index contributed by atoms with van der Waals surface area (Å²) in [7, 11) is 0. The van der Waals surface area contributed by atoms with E-state index in [1.165, 1.54) is 12.8 Å². The van der Waals surface area contributed by atoms with Gasteiger partial charge in [0, 0.05) is 16.5 Å². The SMILES string of the molecule is CC1(Cl)CC1.O=C(O)Cl. The van der Waals surface area contributed by atoms with Crippen LogP contribution >= 0.6 is 23.2 Å². The molecule has 54 valence electrons. The number of alkyl halides is 1. The van der Waals surface area contributed by atoms with Crippen molar-refractivity contribution in [1.82, 2.24) is 0 Å². The lowest BCUT2D eigenvalue weighted by Gasteiger charge is -1.82. The summed E-state index contributed by atoms with van der Waals surface area (Å²) in [4.78, 5) is 8.99.